The molecule has 0 atom stereocenters. The number of oxime groups is 1. The highest BCUT2D eigenvalue weighted by Crippen LogP contribution is 2.38. The van der Waals surface area contributed by atoms with E-state index in [1.54, 1.807) is 30.3 Å². The van der Waals surface area contributed by atoms with Gasteiger partial charge >= 0.3 is 0 Å². The quantitative estimate of drug-likeness (QED) is 0.172. The Bertz CT molecular complexity index is 1460. The Hall–Kier alpha value is -4.20. The van der Waals surface area contributed by atoms with Crippen molar-refractivity contribution in [1.82, 2.24) is 5.16 Å². The summed E-state index contributed by atoms with van der Waals surface area (Å²) in [6.45, 7) is 2.15. The SMILES string of the molecule is CCCc1ccc(-c2cc(-c3cccc(C#N)c3-c3cc(/C(Br)=N/O)ccc3C#N)no2)cc1. The Balaban J connectivity index is 1.86. The highest BCUT2D eigenvalue weighted by Gasteiger charge is 2.20. The van der Waals surface area contributed by atoms with Crippen LogP contribution in [0.25, 0.3) is 33.7 Å². The van der Waals surface area contributed by atoms with Crippen LogP contribution in [0.4, 0.5) is 0 Å². The Morgan fingerprint density at radius 1 is 1.00 bits per heavy atom. The molecule has 0 aliphatic rings. The van der Waals surface area contributed by atoms with Crippen LogP contribution in [0.3, 0.4) is 0 Å². The maximum absolute atomic E-state index is 9.84. The van der Waals surface area contributed by atoms with Crippen molar-refractivity contribution in [2.45, 2.75) is 19.8 Å². The lowest BCUT2D eigenvalue weighted by molar-refractivity contribution is 0.321. The van der Waals surface area contributed by atoms with Crippen molar-refractivity contribution in [3.05, 3.63) is 89.0 Å². The van der Waals surface area contributed by atoms with Gasteiger partial charge in [0.25, 0.3) is 0 Å². The molecule has 34 heavy (non-hydrogen) atoms. The second-order valence-corrected chi connectivity index (χ2v) is 8.38. The molecule has 0 radical (unpaired) electrons. The van der Waals surface area contributed by atoms with E-state index in [9.17, 15) is 10.5 Å². The molecule has 1 aromatic heterocycles. The first-order valence-corrected chi connectivity index (χ1v) is 11.4. The average Bonchev–Trinajstić information content (AvgIpc) is 3.38. The van der Waals surface area contributed by atoms with Crippen molar-refractivity contribution >= 4 is 20.6 Å². The van der Waals surface area contributed by atoms with Gasteiger partial charge in [0.2, 0.25) is 0 Å². The average molecular weight is 511 g/mol. The van der Waals surface area contributed by atoms with Crippen LogP contribution in [0.5, 0.6) is 0 Å². The van der Waals surface area contributed by atoms with Gasteiger partial charge in [-0.3, -0.25) is 0 Å². The maximum atomic E-state index is 9.84. The number of nitrogens with zero attached hydrogens (tertiary/aromatic N) is 4. The van der Waals surface area contributed by atoms with Crippen molar-refractivity contribution < 1.29 is 9.73 Å². The minimum absolute atomic E-state index is 0.212. The highest BCUT2D eigenvalue weighted by atomic mass is 79.9. The third-order valence-corrected chi connectivity index (χ3v) is 6.10. The number of benzene rings is 3. The van der Waals surface area contributed by atoms with Crippen LogP contribution in [0.1, 0.15) is 35.6 Å². The van der Waals surface area contributed by atoms with E-state index in [1.165, 1.54) is 5.56 Å². The molecule has 6 nitrogen and oxygen atoms in total. The molecule has 0 fully saturated rings. The van der Waals surface area contributed by atoms with E-state index in [4.69, 9.17) is 9.73 Å². The summed E-state index contributed by atoms with van der Waals surface area (Å²) in [5, 5.41) is 36.2. The Labute approximate surface area is 205 Å². The van der Waals surface area contributed by atoms with Gasteiger partial charge in [0.1, 0.15) is 5.69 Å². The fourth-order valence-electron chi connectivity index (χ4n) is 3.85. The molecule has 0 aliphatic carbocycles. The molecule has 0 unspecified atom stereocenters. The van der Waals surface area contributed by atoms with Crippen molar-refractivity contribution in [1.29, 1.82) is 10.5 Å². The molecule has 1 heterocycles. The van der Waals surface area contributed by atoms with Crippen LogP contribution >= 0.6 is 15.9 Å². The zero-order valence-electron chi connectivity index (χ0n) is 18.3. The lowest BCUT2D eigenvalue weighted by atomic mass is 9.89. The summed E-state index contributed by atoms with van der Waals surface area (Å²) in [4.78, 5) is 0. The first-order valence-electron chi connectivity index (χ1n) is 10.6. The van der Waals surface area contributed by atoms with Gasteiger partial charge < -0.3 is 9.73 Å². The molecular weight excluding hydrogens is 492 g/mol. The number of halogens is 1. The monoisotopic (exact) mass is 510 g/mol. The molecule has 0 bridgehead atoms. The minimum atomic E-state index is 0.212. The smallest absolute Gasteiger partial charge is 0.167 e. The van der Waals surface area contributed by atoms with E-state index in [0.717, 1.165) is 18.4 Å². The lowest BCUT2D eigenvalue weighted by Crippen LogP contribution is -1.97. The maximum Gasteiger partial charge on any atom is 0.167 e. The number of aromatic nitrogens is 1. The van der Waals surface area contributed by atoms with Gasteiger partial charge in [-0.05, 0) is 46.1 Å². The van der Waals surface area contributed by atoms with Crippen LogP contribution in [0.2, 0.25) is 0 Å². The normalized spacial score (nSPS) is 11.1. The third kappa shape index (κ3) is 4.47. The second-order valence-electron chi connectivity index (χ2n) is 7.63. The van der Waals surface area contributed by atoms with E-state index in [2.05, 4.69) is 57.4 Å². The zero-order valence-corrected chi connectivity index (χ0v) is 19.9. The third-order valence-electron chi connectivity index (χ3n) is 5.48. The molecule has 7 heteroatoms. The summed E-state index contributed by atoms with van der Waals surface area (Å²) in [5.41, 5.74) is 5.77. The van der Waals surface area contributed by atoms with E-state index in [1.807, 2.05) is 24.3 Å². The summed E-state index contributed by atoms with van der Waals surface area (Å²) in [7, 11) is 0. The van der Waals surface area contributed by atoms with Crippen molar-refractivity contribution in [3.63, 3.8) is 0 Å². The fraction of sp³-hybridized carbons (Fsp3) is 0.111. The van der Waals surface area contributed by atoms with E-state index in [-0.39, 0.29) is 4.62 Å². The standard InChI is InChI=1S/C27H19BrN4O2/c1-2-4-17-7-9-18(10-8-17)25-14-24(32-34-25)22-6-3-5-21(16-30)26(22)23-13-19(27(28)31-33)11-12-20(23)15-29/h3,5-14,33H,2,4H2,1H3/b31-27-. The van der Waals surface area contributed by atoms with Crippen molar-refractivity contribution in [2.24, 2.45) is 5.16 Å². The summed E-state index contributed by atoms with van der Waals surface area (Å²) < 4.78 is 5.86. The first-order chi connectivity index (χ1) is 16.6. The summed E-state index contributed by atoms with van der Waals surface area (Å²) in [5.74, 6) is 0.607. The van der Waals surface area contributed by atoms with Crippen LogP contribution in [0.15, 0.2) is 76.4 Å². The molecule has 0 spiro atoms. The predicted molar refractivity (Wildman–Crippen MR) is 133 cm³/mol. The fourth-order valence-corrected chi connectivity index (χ4v) is 4.09. The number of rotatable bonds is 6. The molecule has 3 aromatic carbocycles. The van der Waals surface area contributed by atoms with Crippen LogP contribution in [-0.2, 0) is 6.42 Å². The van der Waals surface area contributed by atoms with Crippen LogP contribution in [-0.4, -0.2) is 15.0 Å². The molecule has 0 saturated heterocycles. The van der Waals surface area contributed by atoms with Gasteiger partial charge in [-0.25, -0.2) is 0 Å². The molecular formula is C27H19BrN4O2. The second kappa shape index (κ2) is 10.2. The van der Waals surface area contributed by atoms with Gasteiger partial charge in [0, 0.05) is 33.9 Å². The number of nitriles is 2. The van der Waals surface area contributed by atoms with E-state index < -0.39 is 0 Å². The number of aryl methyl sites for hydroxylation is 1. The molecule has 4 aromatic rings. The van der Waals surface area contributed by atoms with E-state index in [0.29, 0.717) is 44.8 Å². The Morgan fingerprint density at radius 3 is 2.44 bits per heavy atom. The van der Waals surface area contributed by atoms with Gasteiger partial charge in [-0.2, -0.15) is 10.5 Å². The van der Waals surface area contributed by atoms with Crippen LogP contribution in [0, 0.1) is 22.7 Å². The minimum Gasteiger partial charge on any atom is -0.410 e. The summed E-state index contributed by atoms with van der Waals surface area (Å²) in [6, 6.07) is 24.7. The van der Waals surface area contributed by atoms with E-state index >= 15 is 0 Å². The number of hydrogen-bond acceptors (Lipinski definition) is 6. The number of hydrogen-bond donors (Lipinski definition) is 1. The van der Waals surface area contributed by atoms with Gasteiger partial charge in [-0.1, -0.05) is 66.1 Å². The van der Waals surface area contributed by atoms with Crippen molar-refractivity contribution in [3.8, 4) is 45.8 Å². The Kier molecular flexibility index (Phi) is 6.87. The Morgan fingerprint density at radius 2 is 1.76 bits per heavy atom. The molecule has 0 saturated carbocycles. The molecule has 0 amide bonds. The molecule has 166 valence electrons. The largest absolute Gasteiger partial charge is 0.410 e. The first kappa shape index (κ1) is 23.0. The van der Waals surface area contributed by atoms with Crippen molar-refractivity contribution in [2.75, 3.05) is 0 Å². The lowest BCUT2D eigenvalue weighted by Gasteiger charge is -2.12. The highest BCUT2D eigenvalue weighted by molar-refractivity contribution is 9.18. The predicted octanol–water partition coefficient (Wildman–Crippen LogP) is 6.90. The molecule has 4 rings (SSSR count). The van der Waals surface area contributed by atoms with Gasteiger partial charge in [0.05, 0.1) is 23.3 Å². The molecule has 0 aliphatic heterocycles. The summed E-state index contributed by atoms with van der Waals surface area (Å²) in [6.07, 6.45) is 2.10. The summed E-state index contributed by atoms with van der Waals surface area (Å²) >= 11 is 3.21. The van der Waals surface area contributed by atoms with Gasteiger partial charge in [0.15, 0.2) is 10.4 Å². The topological polar surface area (TPSA) is 106 Å². The van der Waals surface area contributed by atoms with Gasteiger partial charge in [-0.15, -0.1) is 0 Å². The molecule has 1 N–H and O–H groups in total. The zero-order chi connectivity index (χ0) is 24.1. The van der Waals surface area contributed by atoms with Crippen LogP contribution < -0.4 is 0 Å².